The van der Waals surface area contributed by atoms with Crippen LogP contribution in [0.1, 0.15) is 52.9 Å². The van der Waals surface area contributed by atoms with E-state index in [4.69, 9.17) is 10.1 Å². The summed E-state index contributed by atoms with van der Waals surface area (Å²) in [6, 6.07) is 2.63. The number of anilines is 1. The van der Waals surface area contributed by atoms with Crippen molar-refractivity contribution in [1.29, 1.82) is 5.41 Å². The molecule has 3 aromatic heterocycles. The highest BCUT2D eigenvalue weighted by molar-refractivity contribution is 7.15. The molecular formula is C26H22F2N6O2S. The number of hydrogen-bond acceptors (Lipinski definition) is 8. The Balaban J connectivity index is 1.76. The van der Waals surface area contributed by atoms with Gasteiger partial charge in [-0.25, -0.2) is 8.78 Å². The first-order chi connectivity index (χ1) is 17.8. The molecule has 8 nitrogen and oxygen atoms in total. The van der Waals surface area contributed by atoms with E-state index in [0.29, 0.717) is 10.9 Å². The first-order valence-corrected chi connectivity index (χ1v) is 12.0. The second-order valence-corrected chi connectivity index (χ2v) is 9.12. The van der Waals surface area contributed by atoms with Gasteiger partial charge in [-0.05, 0) is 49.5 Å². The quantitative estimate of drug-likeness (QED) is 0.232. The number of ether oxygens (including phenoxy) is 1. The molecule has 0 aromatic carbocycles. The molecule has 0 unspecified atom stereocenters. The van der Waals surface area contributed by atoms with Crippen LogP contribution in [-0.2, 0) is 0 Å². The summed E-state index contributed by atoms with van der Waals surface area (Å²) in [6.07, 6.45) is 4.91. The first kappa shape index (κ1) is 25.8. The minimum absolute atomic E-state index is 0.0516. The largest absolute Gasteiger partial charge is 0.494 e. The molecule has 2 N–H and O–H groups in total. The number of carbonyl (C=O) groups is 1. The monoisotopic (exact) mass is 520 g/mol. The normalized spacial score (nSPS) is 13.1. The van der Waals surface area contributed by atoms with Gasteiger partial charge in [-0.1, -0.05) is 29.9 Å². The van der Waals surface area contributed by atoms with Gasteiger partial charge >= 0.3 is 0 Å². The van der Waals surface area contributed by atoms with Crippen LogP contribution in [0.4, 0.5) is 13.9 Å². The number of aromatic nitrogens is 4. The van der Waals surface area contributed by atoms with Crippen LogP contribution in [0.5, 0.6) is 5.75 Å². The minimum atomic E-state index is -2.84. The van der Waals surface area contributed by atoms with Crippen molar-refractivity contribution in [3.05, 3.63) is 70.8 Å². The summed E-state index contributed by atoms with van der Waals surface area (Å²) in [5.74, 6) is 6.02. The zero-order chi connectivity index (χ0) is 26.5. The molecule has 0 atom stereocenters. The van der Waals surface area contributed by atoms with E-state index >= 15 is 0 Å². The lowest BCUT2D eigenvalue weighted by Crippen LogP contribution is -2.15. The van der Waals surface area contributed by atoms with Gasteiger partial charge < -0.3 is 4.74 Å². The van der Waals surface area contributed by atoms with Crippen molar-refractivity contribution in [2.75, 3.05) is 12.4 Å². The predicted octanol–water partition coefficient (Wildman–Crippen LogP) is 5.46. The highest BCUT2D eigenvalue weighted by Gasteiger charge is 2.22. The fraction of sp³-hybridized carbons (Fsp3) is 0.231. The Hall–Kier alpha value is -4.30. The van der Waals surface area contributed by atoms with Crippen LogP contribution < -0.4 is 10.1 Å². The van der Waals surface area contributed by atoms with Crippen molar-refractivity contribution in [1.82, 2.24) is 20.2 Å². The zero-order valence-corrected chi connectivity index (χ0v) is 20.8. The zero-order valence-electron chi connectivity index (χ0n) is 20.0. The van der Waals surface area contributed by atoms with Gasteiger partial charge in [-0.3, -0.25) is 25.5 Å². The third-order valence-corrected chi connectivity index (χ3v) is 6.10. The number of carbonyl (C=O) groups excluding carboxylic acids is 1. The van der Waals surface area contributed by atoms with Crippen molar-refractivity contribution in [2.24, 2.45) is 5.92 Å². The smallest absolute Gasteiger partial charge is 0.280 e. The van der Waals surface area contributed by atoms with Crippen molar-refractivity contribution in [3.63, 3.8) is 0 Å². The number of hydrogen-bond donors (Lipinski definition) is 2. The fourth-order valence-electron chi connectivity index (χ4n) is 3.20. The Morgan fingerprint density at radius 1 is 1.27 bits per heavy atom. The summed E-state index contributed by atoms with van der Waals surface area (Å²) >= 11 is 1.13. The predicted molar refractivity (Wildman–Crippen MR) is 137 cm³/mol. The van der Waals surface area contributed by atoms with Crippen molar-refractivity contribution in [3.8, 4) is 28.7 Å². The molecule has 0 spiro atoms. The van der Waals surface area contributed by atoms with Crippen LogP contribution in [0, 0.1) is 23.2 Å². The van der Waals surface area contributed by atoms with E-state index in [2.05, 4.69) is 43.9 Å². The van der Waals surface area contributed by atoms with Crippen LogP contribution >= 0.6 is 11.3 Å². The fourth-order valence-corrected chi connectivity index (χ4v) is 3.80. The van der Waals surface area contributed by atoms with Gasteiger partial charge in [0.2, 0.25) is 5.13 Å². The molecule has 1 amide bonds. The number of nitrogens with zero attached hydrogens (tertiary/aromatic N) is 4. The van der Waals surface area contributed by atoms with Gasteiger partial charge in [-0.2, -0.15) is 0 Å². The van der Waals surface area contributed by atoms with E-state index in [9.17, 15) is 13.6 Å². The number of pyridine rings is 2. The molecule has 0 saturated heterocycles. The second kappa shape index (κ2) is 11.2. The number of halogens is 2. The Kier molecular flexibility index (Phi) is 7.79. The highest BCUT2D eigenvalue weighted by Crippen LogP contribution is 2.35. The Morgan fingerprint density at radius 3 is 2.73 bits per heavy atom. The van der Waals surface area contributed by atoms with Gasteiger partial charge in [0.05, 0.1) is 30.3 Å². The molecule has 11 heteroatoms. The number of methoxy groups -OCH3 is 1. The molecular weight excluding hydrogens is 498 g/mol. The molecule has 0 aliphatic heterocycles. The molecule has 1 fully saturated rings. The van der Waals surface area contributed by atoms with E-state index in [1.165, 1.54) is 25.6 Å². The maximum atomic E-state index is 13.5. The molecule has 1 aliphatic rings. The number of rotatable bonds is 8. The van der Waals surface area contributed by atoms with Crippen LogP contribution in [0.2, 0.25) is 0 Å². The lowest BCUT2D eigenvalue weighted by Gasteiger charge is -2.15. The minimum Gasteiger partial charge on any atom is -0.494 e. The average Bonchev–Trinajstić information content (AvgIpc) is 3.63. The third kappa shape index (κ3) is 6.29. The number of amides is 1. The molecule has 4 rings (SSSR count). The topological polar surface area (TPSA) is 114 Å². The summed E-state index contributed by atoms with van der Waals surface area (Å²) < 4.78 is 32.3. The number of allylic oxidation sites excluding steroid dienone is 3. The van der Waals surface area contributed by atoms with Crippen LogP contribution in [0.15, 0.2) is 48.8 Å². The Bertz CT molecular complexity index is 1470. The molecule has 0 bridgehead atoms. The van der Waals surface area contributed by atoms with Crippen LogP contribution in [-0.4, -0.2) is 38.9 Å². The van der Waals surface area contributed by atoms with Crippen molar-refractivity contribution in [2.45, 2.75) is 26.2 Å². The standard InChI is InChI=1S/C26H22F2N6O2S/c1-4-14(2)9-19(29)20-10-16(17-11-21(24(27)28)31-13-22(17)36-3)18(12-30-20)25(35)32-26-34-33-23(37-26)8-7-15-5-6-15/h4,9-13,15,24,29H,1,5-6H2,2-3H3,(H,32,34,35)/b14-9-,29-19?. The Labute approximate surface area is 216 Å². The van der Waals surface area contributed by atoms with Crippen molar-refractivity contribution >= 4 is 28.1 Å². The molecule has 1 aliphatic carbocycles. The molecule has 3 aromatic rings. The maximum Gasteiger partial charge on any atom is 0.280 e. The van der Waals surface area contributed by atoms with Gasteiger partial charge in [0.25, 0.3) is 12.3 Å². The van der Waals surface area contributed by atoms with E-state index in [1.807, 2.05) is 0 Å². The molecule has 3 heterocycles. The van der Waals surface area contributed by atoms with E-state index in [-0.39, 0.29) is 39.0 Å². The summed E-state index contributed by atoms with van der Waals surface area (Å²) in [5, 5.41) is 19.7. The van der Waals surface area contributed by atoms with Crippen molar-refractivity contribution < 1.29 is 18.3 Å². The average molecular weight is 521 g/mol. The number of alkyl halides is 2. The summed E-state index contributed by atoms with van der Waals surface area (Å²) in [4.78, 5) is 21.3. The molecule has 188 valence electrons. The van der Waals surface area contributed by atoms with Gasteiger partial charge in [0.1, 0.15) is 11.4 Å². The summed E-state index contributed by atoms with van der Waals surface area (Å²) in [5.41, 5.74) is 1.01. The van der Waals surface area contributed by atoms with Crippen LogP contribution in [0.3, 0.4) is 0 Å². The van der Waals surface area contributed by atoms with Crippen LogP contribution in [0.25, 0.3) is 11.1 Å². The first-order valence-electron chi connectivity index (χ1n) is 11.2. The van der Waals surface area contributed by atoms with E-state index in [1.54, 1.807) is 19.1 Å². The SMILES string of the molecule is C=C/C(C)=C\C(=N)c1cc(-c2cc(C(F)F)ncc2OC)c(C(=O)Nc2nnc(C#CC3CC3)s2)cn1. The third-order valence-electron chi connectivity index (χ3n) is 5.35. The molecule has 1 saturated carbocycles. The molecule has 37 heavy (non-hydrogen) atoms. The molecule has 0 radical (unpaired) electrons. The summed E-state index contributed by atoms with van der Waals surface area (Å²) in [7, 11) is 1.37. The Morgan fingerprint density at radius 2 is 2.05 bits per heavy atom. The maximum absolute atomic E-state index is 13.5. The summed E-state index contributed by atoms with van der Waals surface area (Å²) in [6.45, 7) is 5.45. The second-order valence-electron chi connectivity index (χ2n) is 8.14. The lowest BCUT2D eigenvalue weighted by molar-refractivity contribution is 0.102. The number of nitrogens with one attached hydrogen (secondary N) is 2. The van der Waals surface area contributed by atoms with E-state index in [0.717, 1.165) is 35.8 Å². The van der Waals surface area contributed by atoms with Gasteiger partial charge in [-0.15, -0.1) is 10.2 Å². The highest BCUT2D eigenvalue weighted by atomic mass is 32.1. The van der Waals surface area contributed by atoms with Gasteiger partial charge in [0, 0.05) is 23.2 Å². The lowest BCUT2D eigenvalue weighted by atomic mass is 9.98. The van der Waals surface area contributed by atoms with E-state index < -0.39 is 18.0 Å². The van der Waals surface area contributed by atoms with Gasteiger partial charge in [0.15, 0.2) is 5.01 Å².